The van der Waals surface area contributed by atoms with E-state index in [1.165, 1.54) is 6.07 Å². The Hall–Kier alpha value is -2.60. The molecule has 5 nitrogen and oxygen atoms in total. The Morgan fingerprint density at radius 1 is 1.21 bits per heavy atom. The molecule has 1 atom stereocenters. The minimum atomic E-state index is -0.238. The molecule has 1 amide bonds. The number of carbonyl (C=O) groups excluding carboxylic acids is 1. The first kappa shape index (κ1) is 16.3. The molecule has 0 saturated carbocycles. The van der Waals surface area contributed by atoms with Gasteiger partial charge in [-0.2, -0.15) is 0 Å². The maximum absolute atomic E-state index is 13.6. The van der Waals surface area contributed by atoms with Crippen LogP contribution in [0.15, 0.2) is 42.5 Å². The summed E-state index contributed by atoms with van der Waals surface area (Å²) in [5.74, 6) is 1.10. The Morgan fingerprint density at radius 2 is 2.00 bits per heavy atom. The van der Waals surface area contributed by atoms with Gasteiger partial charge in [0.1, 0.15) is 12.4 Å². The van der Waals surface area contributed by atoms with E-state index in [2.05, 4.69) is 5.32 Å². The van der Waals surface area contributed by atoms with E-state index in [0.29, 0.717) is 24.4 Å². The molecule has 0 radical (unpaired) electrons. The first-order chi connectivity index (χ1) is 11.6. The Bertz CT molecular complexity index is 736. The van der Waals surface area contributed by atoms with Crippen LogP contribution in [-0.2, 0) is 17.9 Å². The molecule has 0 aliphatic carbocycles. The van der Waals surface area contributed by atoms with E-state index in [1.54, 1.807) is 18.2 Å². The summed E-state index contributed by atoms with van der Waals surface area (Å²) >= 11 is 0. The molecule has 2 N–H and O–H groups in total. The molecule has 0 bridgehead atoms. The van der Waals surface area contributed by atoms with E-state index in [-0.39, 0.29) is 25.1 Å². The summed E-state index contributed by atoms with van der Waals surface area (Å²) in [5.41, 5.74) is 1.55. The van der Waals surface area contributed by atoms with E-state index in [0.717, 1.165) is 16.2 Å². The van der Waals surface area contributed by atoms with Crippen LogP contribution in [0.5, 0.6) is 11.5 Å². The molecule has 3 rings (SSSR count). The van der Waals surface area contributed by atoms with Crippen molar-refractivity contribution in [2.24, 2.45) is 0 Å². The largest absolute Gasteiger partial charge is 0.454 e. The molecular weight excluding hydrogens is 311 g/mol. The van der Waals surface area contributed by atoms with Crippen LogP contribution < -0.4 is 19.7 Å². The molecule has 1 heterocycles. The lowest BCUT2D eigenvalue weighted by Gasteiger charge is -2.14. The molecule has 2 aromatic carbocycles. The van der Waals surface area contributed by atoms with Crippen molar-refractivity contribution in [3.05, 3.63) is 59.4 Å². The van der Waals surface area contributed by atoms with Gasteiger partial charge in [-0.1, -0.05) is 24.3 Å². The minimum absolute atomic E-state index is 0.0819. The second kappa shape index (κ2) is 7.31. The van der Waals surface area contributed by atoms with Crippen LogP contribution in [-0.4, -0.2) is 26.3 Å². The first-order valence-corrected chi connectivity index (χ1v) is 7.82. The number of carbonyl (C=O) groups is 1. The predicted molar refractivity (Wildman–Crippen MR) is 86.3 cm³/mol. The van der Waals surface area contributed by atoms with Crippen molar-refractivity contribution in [1.82, 2.24) is 5.32 Å². The number of quaternary nitrogens is 1. The van der Waals surface area contributed by atoms with Crippen molar-refractivity contribution in [1.29, 1.82) is 0 Å². The van der Waals surface area contributed by atoms with Crippen molar-refractivity contribution in [2.75, 3.05) is 20.4 Å². The smallest absolute Gasteiger partial charge is 0.275 e. The van der Waals surface area contributed by atoms with E-state index >= 15 is 0 Å². The summed E-state index contributed by atoms with van der Waals surface area (Å²) in [7, 11) is 1.87. The van der Waals surface area contributed by atoms with Crippen LogP contribution in [0.1, 0.15) is 11.1 Å². The summed E-state index contributed by atoms with van der Waals surface area (Å²) in [6.07, 6.45) is 0. The highest BCUT2D eigenvalue weighted by atomic mass is 19.1. The van der Waals surface area contributed by atoms with Gasteiger partial charge in [-0.3, -0.25) is 4.79 Å². The molecular formula is C18H20FN2O3+. The van der Waals surface area contributed by atoms with Crippen molar-refractivity contribution < 1.29 is 23.6 Å². The zero-order chi connectivity index (χ0) is 16.9. The summed E-state index contributed by atoms with van der Waals surface area (Å²) in [4.78, 5) is 13.0. The molecule has 0 spiro atoms. The zero-order valence-electron chi connectivity index (χ0n) is 13.5. The maximum Gasteiger partial charge on any atom is 0.275 e. The maximum atomic E-state index is 13.6. The lowest BCUT2D eigenvalue weighted by molar-refractivity contribution is -0.885. The van der Waals surface area contributed by atoms with Gasteiger partial charge in [0.15, 0.2) is 18.0 Å². The third kappa shape index (κ3) is 4.02. The number of hydrogen-bond acceptors (Lipinski definition) is 3. The van der Waals surface area contributed by atoms with E-state index in [1.807, 2.05) is 25.2 Å². The molecule has 1 aliphatic rings. The molecule has 0 fully saturated rings. The molecule has 1 unspecified atom stereocenters. The number of hydrogen-bond donors (Lipinski definition) is 2. The summed E-state index contributed by atoms with van der Waals surface area (Å²) < 4.78 is 24.2. The molecule has 0 aromatic heterocycles. The standard InChI is InChI=1S/C18H19FN2O3/c1-21(10-14-4-2-3-5-15(14)19)11-18(22)20-9-13-6-7-16-17(8-13)24-12-23-16/h2-8H,9-12H2,1H3,(H,20,22)/p+1. The number of fused-ring (bicyclic) bond motifs is 1. The SMILES string of the molecule is C[NH+](CC(=O)NCc1ccc2c(c1)OCO2)Cc1ccccc1F. The van der Waals surface area contributed by atoms with Crippen LogP contribution in [0.2, 0.25) is 0 Å². The summed E-state index contributed by atoms with van der Waals surface area (Å²) in [5, 5.41) is 2.87. The van der Waals surface area contributed by atoms with Crippen LogP contribution in [0, 0.1) is 5.82 Å². The third-order valence-corrected chi connectivity index (χ3v) is 3.84. The highest BCUT2D eigenvalue weighted by molar-refractivity contribution is 5.76. The van der Waals surface area contributed by atoms with Gasteiger partial charge in [0, 0.05) is 12.1 Å². The van der Waals surface area contributed by atoms with Gasteiger partial charge >= 0.3 is 0 Å². The van der Waals surface area contributed by atoms with Crippen molar-refractivity contribution >= 4 is 5.91 Å². The van der Waals surface area contributed by atoms with E-state index in [4.69, 9.17) is 9.47 Å². The summed E-state index contributed by atoms with van der Waals surface area (Å²) in [6, 6.07) is 12.2. The van der Waals surface area contributed by atoms with Gasteiger partial charge in [0.25, 0.3) is 5.91 Å². The Balaban J connectivity index is 1.48. The molecule has 24 heavy (non-hydrogen) atoms. The molecule has 0 saturated heterocycles. The molecule has 126 valence electrons. The van der Waals surface area contributed by atoms with E-state index < -0.39 is 0 Å². The number of amides is 1. The van der Waals surface area contributed by atoms with Gasteiger partial charge in [0.2, 0.25) is 6.79 Å². The number of halogens is 1. The number of benzene rings is 2. The van der Waals surface area contributed by atoms with Crippen LogP contribution in [0.4, 0.5) is 4.39 Å². The number of likely N-dealkylation sites (N-methyl/N-ethyl adjacent to an activating group) is 1. The lowest BCUT2D eigenvalue weighted by atomic mass is 10.2. The summed E-state index contributed by atoms with van der Waals surface area (Å²) in [6.45, 7) is 1.39. The van der Waals surface area contributed by atoms with Crippen LogP contribution >= 0.6 is 0 Å². The Labute approximate surface area is 140 Å². The molecule has 1 aliphatic heterocycles. The van der Waals surface area contributed by atoms with Gasteiger partial charge in [-0.05, 0) is 23.8 Å². The highest BCUT2D eigenvalue weighted by Gasteiger charge is 2.15. The number of rotatable bonds is 6. The number of nitrogens with one attached hydrogen (secondary N) is 2. The fourth-order valence-corrected chi connectivity index (χ4v) is 2.62. The monoisotopic (exact) mass is 331 g/mol. The highest BCUT2D eigenvalue weighted by Crippen LogP contribution is 2.32. The van der Waals surface area contributed by atoms with E-state index in [9.17, 15) is 9.18 Å². The second-order valence-corrected chi connectivity index (χ2v) is 5.87. The fourth-order valence-electron chi connectivity index (χ4n) is 2.62. The Kier molecular flexibility index (Phi) is 4.96. The van der Waals surface area contributed by atoms with Crippen molar-refractivity contribution in [3.63, 3.8) is 0 Å². The van der Waals surface area contributed by atoms with Crippen LogP contribution in [0.3, 0.4) is 0 Å². The van der Waals surface area contributed by atoms with Crippen molar-refractivity contribution in [3.8, 4) is 11.5 Å². The molecule has 6 heteroatoms. The normalized spacial score (nSPS) is 13.6. The minimum Gasteiger partial charge on any atom is -0.454 e. The first-order valence-electron chi connectivity index (χ1n) is 7.82. The van der Waals surface area contributed by atoms with Gasteiger partial charge in [0.05, 0.1) is 7.05 Å². The average Bonchev–Trinajstić information content (AvgIpc) is 3.02. The zero-order valence-corrected chi connectivity index (χ0v) is 13.5. The topological polar surface area (TPSA) is 52.0 Å². The quantitative estimate of drug-likeness (QED) is 0.826. The average molecular weight is 331 g/mol. The van der Waals surface area contributed by atoms with Gasteiger partial charge in [-0.15, -0.1) is 0 Å². The lowest BCUT2D eigenvalue weighted by Crippen LogP contribution is -3.09. The van der Waals surface area contributed by atoms with Crippen LogP contribution in [0.25, 0.3) is 0 Å². The second-order valence-electron chi connectivity index (χ2n) is 5.87. The molecule has 2 aromatic rings. The third-order valence-electron chi connectivity index (χ3n) is 3.84. The number of ether oxygens (including phenoxy) is 2. The van der Waals surface area contributed by atoms with Gasteiger partial charge < -0.3 is 19.7 Å². The van der Waals surface area contributed by atoms with Crippen molar-refractivity contribution in [2.45, 2.75) is 13.1 Å². The predicted octanol–water partition coefficient (Wildman–Crippen LogP) is 0.885. The van der Waals surface area contributed by atoms with Gasteiger partial charge in [-0.25, -0.2) is 4.39 Å². The Morgan fingerprint density at radius 3 is 2.83 bits per heavy atom. The fraction of sp³-hybridized carbons (Fsp3) is 0.278.